The summed E-state index contributed by atoms with van der Waals surface area (Å²) in [6, 6.07) is -0.454. The molecule has 1 heterocycles. The van der Waals surface area contributed by atoms with Crippen LogP contribution >= 0.6 is 0 Å². The maximum atomic E-state index is 12.6. The Balaban J connectivity index is 1.76. The van der Waals surface area contributed by atoms with E-state index in [4.69, 9.17) is 0 Å². The van der Waals surface area contributed by atoms with Crippen molar-refractivity contribution in [3.8, 4) is 0 Å². The normalized spacial score (nSPS) is 22.9. The molecule has 1 saturated carbocycles. The topological polar surface area (TPSA) is 69.6 Å². The van der Waals surface area contributed by atoms with Gasteiger partial charge in [0, 0.05) is 26.1 Å². The van der Waals surface area contributed by atoms with Crippen LogP contribution in [0.25, 0.3) is 0 Å². The molecule has 0 spiro atoms. The summed E-state index contributed by atoms with van der Waals surface area (Å²) < 4.78 is 0. The Kier molecular flexibility index (Phi) is 7.08. The smallest absolute Gasteiger partial charge is 0.244 e. The largest absolute Gasteiger partial charge is 0.396 e. The molecule has 2 rings (SSSR count). The second-order valence-electron chi connectivity index (χ2n) is 7.83. The van der Waals surface area contributed by atoms with E-state index < -0.39 is 6.04 Å². The molecule has 5 nitrogen and oxygen atoms in total. The number of likely N-dealkylation sites (tertiary alicyclic amines) is 1. The second-order valence-corrected chi connectivity index (χ2v) is 7.83. The molecular formula is C19H34N2O3. The van der Waals surface area contributed by atoms with Crippen molar-refractivity contribution in [3.05, 3.63) is 0 Å². The SMILES string of the molecule is CCC1(CO)CCN(C(=O)C(C)NC(=O)CC2CCCCC2)CC1. The lowest BCUT2D eigenvalue weighted by atomic mass is 9.77. The molecule has 2 fully saturated rings. The fraction of sp³-hybridized carbons (Fsp3) is 0.895. The van der Waals surface area contributed by atoms with Gasteiger partial charge in [0.2, 0.25) is 11.8 Å². The molecule has 0 aromatic heterocycles. The number of carbonyl (C=O) groups excluding carboxylic acids is 2. The van der Waals surface area contributed by atoms with Crippen molar-refractivity contribution in [1.29, 1.82) is 0 Å². The minimum absolute atomic E-state index is 0.00892. The number of hydrogen-bond acceptors (Lipinski definition) is 3. The van der Waals surface area contributed by atoms with Crippen LogP contribution in [0.3, 0.4) is 0 Å². The van der Waals surface area contributed by atoms with Gasteiger partial charge >= 0.3 is 0 Å². The highest BCUT2D eigenvalue weighted by atomic mass is 16.3. The third-order valence-corrected chi connectivity index (χ3v) is 6.17. The van der Waals surface area contributed by atoms with E-state index in [-0.39, 0.29) is 23.8 Å². The summed E-state index contributed by atoms with van der Waals surface area (Å²) in [4.78, 5) is 26.6. The number of aliphatic hydroxyl groups excluding tert-OH is 1. The lowest BCUT2D eigenvalue weighted by Crippen LogP contribution is -2.51. The molecule has 24 heavy (non-hydrogen) atoms. The maximum absolute atomic E-state index is 12.6. The van der Waals surface area contributed by atoms with Gasteiger partial charge in [-0.3, -0.25) is 9.59 Å². The van der Waals surface area contributed by atoms with Crippen LogP contribution in [0.4, 0.5) is 0 Å². The maximum Gasteiger partial charge on any atom is 0.244 e. The van der Waals surface area contributed by atoms with Crippen LogP contribution in [0.2, 0.25) is 0 Å². The number of hydrogen-bond donors (Lipinski definition) is 2. The van der Waals surface area contributed by atoms with Crippen molar-refractivity contribution in [2.45, 2.75) is 77.7 Å². The lowest BCUT2D eigenvalue weighted by molar-refractivity contribution is -0.138. The van der Waals surface area contributed by atoms with Gasteiger partial charge in [-0.25, -0.2) is 0 Å². The zero-order valence-electron chi connectivity index (χ0n) is 15.4. The molecule has 0 radical (unpaired) electrons. The number of aliphatic hydroxyl groups is 1. The minimum Gasteiger partial charge on any atom is -0.396 e. The van der Waals surface area contributed by atoms with Gasteiger partial charge in [-0.15, -0.1) is 0 Å². The summed E-state index contributed by atoms with van der Waals surface area (Å²) in [6.45, 7) is 5.43. The van der Waals surface area contributed by atoms with E-state index in [2.05, 4.69) is 12.2 Å². The van der Waals surface area contributed by atoms with Crippen LogP contribution in [0, 0.1) is 11.3 Å². The van der Waals surface area contributed by atoms with Gasteiger partial charge in [0.25, 0.3) is 0 Å². The Hall–Kier alpha value is -1.10. The van der Waals surface area contributed by atoms with Crippen molar-refractivity contribution in [2.24, 2.45) is 11.3 Å². The molecule has 0 aromatic carbocycles. The molecule has 5 heteroatoms. The van der Waals surface area contributed by atoms with Gasteiger partial charge in [-0.2, -0.15) is 0 Å². The zero-order chi connectivity index (χ0) is 17.6. The molecule has 1 saturated heterocycles. The first kappa shape index (κ1) is 19.2. The average molecular weight is 338 g/mol. The van der Waals surface area contributed by atoms with Crippen LogP contribution in [-0.4, -0.2) is 47.6 Å². The van der Waals surface area contributed by atoms with Crippen LogP contribution in [0.1, 0.15) is 71.6 Å². The summed E-state index contributed by atoms with van der Waals surface area (Å²) in [5.41, 5.74) is -0.0236. The Bertz CT molecular complexity index is 418. The number of piperidine rings is 1. The highest BCUT2D eigenvalue weighted by Crippen LogP contribution is 2.34. The molecule has 0 bridgehead atoms. The van der Waals surface area contributed by atoms with E-state index in [9.17, 15) is 14.7 Å². The van der Waals surface area contributed by atoms with Gasteiger partial charge in [0.05, 0.1) is 0 Å². The fourth-order valence-electron chi connectivity index (χ4n) is 4.11. The minimum atomic E-state index is -0.454. The molecule has 1 aliphatic heterocycles. The van der Waals surface area contributed by atoms with E-state index in [1.807, 2.05) is 4.90 Å². The Labute approximate surface area is 146 Å². The van der Waals surface area contributed by atoms with E-state index in [1.165, 1.54) is 19.3 Å². The molecule has 2 N–H and O–H groups in total. The van der Waals surface area contributed by atoms with Crippen LogP contribution in [0.15, 0.2) is 0 Å². The number of nitrogens with zero attached hydrogens (tertiary/aromatic N) is 1. The number of rotatable bonds is 6. The summed E-state index contributed by atoms with van der Waals surface area (Å²) >= 11 is 0. The fourth-order valence-corrected chi connectivity index (χ4v) is 4.11. The molecule has 1 aliphatic carbocycles. The molecular weight excluding hydrogens is 304 g/mol. The first-order valence-corrected chi connectivity index (χ1v) is 9.68. The number of amides is 2. The predicted octanol–water partition coefficient (Wildman–Crippen LogP) is 2.47. The quantitative estimate of drug-likeness (QED) is 0.782. The molecule has 138 valence electrons. The predicted molar refractivity (Wildman–Crippen MR) is 94.4 cm³/mol. The average Bonchev–Trinajstić information content (AvgIpc) is 2.62. The van der Waals surface area contributed by atoms with Gasteiger partial charge in [0.15, 0.2) is 0 Å². The third kappa shape index (κ3) is 4.95. The standard InChI is InChI=1S/C19H34N2O3/c1-3-19(14-22)9-11-21(12-10-19)18(24)15(2)20-17(23)13-16-7-5-4-6-8-16/h15-16,22H,3-14H2,1-2H3,(H,20,23). The van der Waals surface area contributed by atoms with Gasteiger partial charge in [0.1, 0.15) is 6.04 Å². The third-order valence-electron chi connectivity index (χ3n) is 6.17. The van der Waals surface area contributed by atoms with E-state index in [0.29, 0.717) is 25.4 Å². The Morgan fingerprint density at radius 2 is 1.83 bits per heavy atom. The molecule has 1 unspecified atom stereocenters. The highest BCUT2D eigenvalue weighted by Gasteiger charge is 2.35. The summed E-state index contributed by atoms with van der Waals surface area (Å²) in [6.07, 6.45) is 9.21. The van der Waals surface area contributed by atoms with Crippen LogP contribution in [-0.2, 0) is 9.59 Å². The highest BCUT2D eigenvalue weighted by molar-refractivity contribution is 5.87. The zero-order valence-corrected chi connectivity index (χ0v) is 15.4. The lowest BCUT2D eigenvalue weighted by Gasteiger charge is -2.41. The Morgan fingerprint density at radius 3 is 2.38 bits per heavy atom. The van der Waals surface area contributed by atoms with Crippen molar-refractivity contribution >= 4 is 11.8 Å². The van der Waals surface area contributed by atoms with Crippen molar-refractivity contribution in [2.75, 3.05) is 19.7 Å². The molecule has 2 aliphatic rings. The molecule has 0 aromatic rings. The number of carbonyl (C=O) groups is 2. The van der Waals surface area contributed by atoms with Crippen molar-refractivity contribution in [1.82, 2.24) is 10.2 Å². The summed E-state index contributed by atoms with van der Waals surface area (Å²) in [5.74, 6) is 0.512. The van der Waals surface area contributed by atoms with Crippen molar-refractivity contribution in [3.63, 3.8) is 0 Å². The monoisotopic (exact) mass is 338 g/mol. The Morgan fingerprint density at radius 1 is 1.21 bits per heavy atom. The van der Waals surface area contributed by atoms with Gasteiger partial charge < -0.3 is 15.3 Å². The van der Waals surface area contributed by atoms with E-state index in [1.54, 1.807) is 6.92 Å². The first-order valence-electron chi connectivity index (χ1n) is 9.68. The molecule has 2 amide bonds. The molecule has 1 atom stereocenters. The van der Waals surface area contributed by atoms with Crippen LogP contribution in [0.5, 0.6) is 0 Å². The summed E-state index contributed by atoms with van der Waals surface area (Å²) in [5, 5.41) is 12.5. The summed E-state index contributed by atoms with van der Waals surface area (Å²) in [7, 11) is 0. The van der Waals surface area contributed by atoms with Gasteiger partial charge in [-0.05, 0) is 50.4 Å². The van der Waals surface area contributed by atoms with Gasteiger partial charge in [-0.1, -0.05) is 26.2 Å². The first-order chi connectivity index (χ1) is 11.5. The number of nitrogens with one attached hydrogen (secondary N) is 1. The van der Waals surface area contributed by atoms with Crippen LogP contribution < -0.4 is 5.32 Å². The van der Waals surface area contributed by atoms with E-state index >= 15 is 0 Å². The van der Waals surface area contributed by atoms with Crippen molar-refractivity contribution < 1.29 is 14.7 Å². The second kappa shape index (κ2) is 8.84. The van der Waals surface area contributed by atoms with E-state index in [0.717, 1.165) is 32.1 Å².